The van der Waals surface area contributed by atoms with Gasteiger partial charge in [-0.15, -0.1) is 5.48 Å². The van der Waals surface area contributed by atoms with Crippen molar-refractivity contribution in [2.24, 2.45) is 7.05 Å². The van der Waals surface area contributed by atoms with Gasteiger partial charge in [0.2, 0.25) is 5.91 Å². The summed E-state index contributed by atoms with van der Waals surface area (Å²) in [7, 11) is 1.94. The van der Waals surface area contributed by atoms with Crippen molar-refractivity contribution in [2.45, 2.75) is 46.8 Å². The summed E-state index contributed by atoms with van der Waals surface area (Å²) in [6.07, 6.45) is 1.79. The molecule has 0 aliphatic carbocycles. The Kier molecular flexibility index (Phi) is 7.41. The summed E-state index contributed by atoms with van der Waals surface area (Å²) in [5.74, 6) is 1.23. The first kappa shape index (κ1) is 23.9. The van der Waals surface area contributed by atoms with Crippen molar-refractivity contribution >= 4 is 22.5 Å². The second-order valence-corrected chi connectivity index (χ2v) is 7.78. The van der Waals surface area contributed by atoms with Crippen LogP contribution in [0.2, 0.25) is 0 Å². The molecule has 0 saturated carbocycles. The standard InChI is InChI=1S/C24H24N4O3.C2H6/c1-14(2)30-18-9-10-19-20(13-25)23(28(4)22(19)12-18)16-5-7-17(8-6-16)26-24(29)21-11-15(3)31-27-21;1-2/h5-12,14,21,27H,1-4H3,(H,26,29);1-2H3. The van der Waals surface area contributed by atoms with Crippen molar-refractivity contribution in [3.8, 4) is 23.1 Å². The van der Waals surface area contributed by atoms with E-state index in [4.69, 9.17) is 9.57 Å². The molecule has 2 aromatic carbocycles. The number of aryl methyl sites for hydroxylation is 1. The molecule has 33 heavy (non-hydrogen) atoms. The highest BCUT2D eigenvalue weighted by Crippen LogP contribution is 2.35. The average molecular weight is 447 g/mol. The third-order valence-electron chi connectivity index (χ3n) is 5.11. The van der Waals surface area contributed by atoms with Crippen LogP contribution in [0.4, 0.5) is 5.69 Å². The second kappa shape index (κ2) is 10.2. The minimum absolute atomic E-state index is 0.0702. The summed E-state index contributed by atoms with van der Waals surface area (Å²) in [5, 5.41) is 13.6. The monoisotopic (exact) mass is 446 g/mol. The molecular weight excluding hydrogens is 416 g/mol. The molecule has 1 aliphatic rings. The molecule has 1 atom stereocenters. The highest BCUT2D eigenvalue weighted by molar-refractivity contribution is 5.97. The fourth-order valence-electron chi connectivity index (χ4n) is 3.73. The summed E-state index contributed by atoms with van der Waals surface area (Å²) in [4.78, 5) is 17.4. The average Bonchev–Trinajstić information content (AvgIpc) is 3.36. The number of hydrogen-bond acceptors (Lipinski definition) is 5. The second-order valence-electron chi connectivity index (χ2n) is 7.78. The van der Waals surface area contributed by atoms with Gasteiger partial charge >= 0.3 is 0 Å². The number of nitriles is 1. The van der Waals surface area contributed by atoms with Crippen LogP contribution in [-0.2, 0) is 16.7 Å². The third kappa shape index (κ3) is 5.02. The van der Waals surface area contributed by atoms with Crippen LogP contribution in [-0.4, -0.2) is 22.6 Å². The predicted octanol–water partition coefficient (Wildman–Crippen LogP) is 5.28. The topological polar surface area (TPSA) is 88.3 Å². The van der Waals surface area contributed by atoms with Gasteiger partial charge in [-0.05, 0) is 56.7 Å². The molecule has 0 bridgehead atoms. The molecule has 0 spiro atoms. The Morgan fingerprint density at radius 2 is 1.91 bits per heavy atom. The quantitative estimate of drug-likeness (QED) is 0.557. The lowest BCUT2D eigenvalue weighted by atomic mass is 10.1. The van der Waals surface area contributed by atoms with Crippen molar-refractivity contribution in [3.63, 3.8) is 0 Å². The number of nitrogens with one attached hydrogen (secondary N) is 2. The number of aromatic nitrogens is 1. The summed E-state index contributed by atoms with van der Waals surface area (Å²) < 4.78 is 7.81. The van der Waals surface area contributed by atoms with Crippen molar-refractivity contribution < 1.29 is 14.4 Å². The number of hydroxylamine groups is 1. The van der Waals surface area contributed by atoms with Gasteiger partial charge in [0, 0.05) is 24.2 Å². The molecule has 1 aromatic heterocycles. The van der Waals surface area contributed by atoms with Gasteiger partial charge in [0.25, 0.3) is 0 Å². The number of nitrogens with zero attached hydrogens (tertiary/aromatic N) is 2. The maximum absolute atomic E-state index is 12.3. The van der Waals surface area contributed by atoms with Gasteiger partial charge in [0.05, 0.1) is 22.9 Å². The van der Waals surface area contributed by atoms with Crippen molar-refractivity contribution in [3.05, 3.63) is 59.9 Å². The molecule has 0 radical (unpaired) electrons. The maximum atomic E-state index is 12.3. The fraction of sp³-hybridized carbons (Fsp3) is 0.308. The number of amides is 1. The molecule has 172 valence electrons. The van der Waals surface area contributed by atoms with E-state index >= 15 is 0 Å². The van der Waals surface area contributed by atoms with Gasteiger partial charge in [-0.3, -0.25) is 4.79 Å². The molecule has 1 amide bonds. The van der Waals surface area contributed by atoms with Gasteiger partial charge in [0.1, 0.15) is 23.6 Å². The Morgan fingerprint density at radius 1 is 1.21 bits per heavy atom. The minimum Gasteiger partial charge on any atom is -0.491 e. The highest BCUT2D eigenvalue weighted by Gasteiger charge is 2.22. The van der Waals surface area contributed by atoms with E-state index < -0.39 is 6.04 Å². The number of anilines is 1. The van der Waals surface area contributed by atoms with Crippen molar-refractivity contribution in [1.82, 2.24) is 10.0 Å². The van der Waals surface area contributed by atoms with E-state index in [1.54, 1.807) is 13.0 Å². The fourth-order valence-corrected chi connectivity index (χ4v) is 3.73. The van der Waals surface area contributed by atoms with E-state index in [2.05, 4.69) is 16.9 Å². The molecule has 3 aromatic rings. The summed E-state index contributed by atoms with van der Waals surface area (Å²) in [6, 6.07) is 15.0. The summed E-state index contributed by atoms with van der Waals surface area (Å²) in [6.45, 7) is 9.74. The van der Waals surface area contributed by atoms with Gasteiger partial charge in [0.15, 0.2) is 0 Å². The summed E-state index contributed by atoms with van der Waals surface area (Å²) in [5.41, 5.74) is 6.57. The van der Waals surface area contributed by atoms with Crippen LogP contribution < -0.4 is 15.5 Å². The molecule has 0 saturated heterocycles. The Morgan fingerprint density at radius 3 is 2.48 bits per heavy atom. The lowest BCUT2D eigenvalue weighted by Gasteiger charge is -2.11. The zero-order valence-corrected chi connectivity index (χ0v) is 19.9. The van der Waals surface area contributed by atoms with Crippen LogP contribution in [0.25, 0.3) is 22.2 Å². The molecule has 2 N–H and O–H groups in total. The largest absolute Gasteiger partial charge is 0.491 e. The molecule has 0 fully saturated rings. The van der Waals surface area contributed by atoms with E-state index in [9.17, 15) is 10.1 Å². The Balaban J connectivity index is 0.00000149. The Bertz CT molecular complexity index is 1220. The first-order chi connectivity index (χ1) is 15.9. The van der Waals surface area contributed by atoms with E-state index in [-0.39, 0.29) is 12.0 Å². The number of allylic oxidation sites excluding steroid dienone is 1. The van der Waals surface area contributed by atoms with Gasteiger partial charge in [-0.1, -0.05) is 26.0 Å². The van der Waals surface area contributed by atoms with E-state index in [1.807, 2.05) is 81.8 Å². The van der Waals surface area contributed by atoms with Crippen LogP contribution in [0.15, 0.2) is 54.3 Å². The SMILES string of the molecule is CC.CC1=CC(C(=O)Nc2ccc(-c3c(C#N)c4ccc(OC(C)C)cc4n3C)cc2)NO1. The van der Waals surface area contributed by atoms with Gasteiger partial charge in [-0.2, -0.15) is 5.26 Å². The normalized spacial score (nSPS) is 14.7. The van der Waals surface area contributed by atoms with Crippen molar-refractivity contribution in [1.29, 1.82) is 5.26 Å². The lowest BCUT2D eigenvalue weighted by Crippen LogP contribution is -2.35. The predicted molar refractivity (Wildman–Crippen MR) is 131 cm³/mol. The Labute approximate surface area is 194 Å². The van der Waals surface area contributed by atoms with Crippen LogP contribution >= 0.6 is 0 Å². The zero-order valence-electron chi connectivity index (χ0n) is 19.9. The zero-order chi connectivity index (χ0) is 24.1. The van der Waals surface area contributed by atoms with Crippen LogP contribution in [0, 0.1) is 11.3 Å². The summed E-state index contributed by atoms with van der Waals surface area (Å²) >= 11 is 0. The molecule has 2 heterocycles. The molecular formula is C26H30N4O3. The van der Waals surface area contributed by atoms with Crippen molar-refractivity contribution in [2.75, 3.05) is 5.32 Å². The minimum atomic E-state index is -0.523. The smallest absolute Gasteiger partial charge is 0.248 e. The van der Waals surface area contributed by atoms with E-state index in [0.717, 1.165) is 27.9 Å². The van der Waals surface area contributed by atoms with Gasteiger partial charge in [-0.25, -0.2) is 0 Å². The lowest BCUT2D eigenvalue weighted by molar-refractivity contribution is -0.118. The first-order valence-corrected chi connectivity index (χ1v) is 11.1. The van der Waals surface area contributed by atoms with Crippen LogP contribution in [0.1, 0.15) is 40.2 Å². The molecule has 1 aliphatic heterocycles. The number of fused-ring (bicyclic) bond motifs is 1. The number of rotatable bonds is 5. The highest BCUT2D eigenvalue weighted by atomic mass is 16.7. The maximum Gasteiger partial charge on any atom is 0.248 e. The Hall–Kier alpha value is -3.76. The number of carbonyl (C=O) groups is 1. The first-order valence-electron chi connectivity index (χ1n) is 11.1. The van der Waals surface area contributed by atoms with E-state index in [1.165, 1.54) is 0 Å². The third-order valence-corrected chi connectivity index (χ3v) is 5.11. The molecule has 1 unspecified atom stereocenters. The van der Waals surface area contributed by atoms with Crippen LogP contribution in [0.5, 0.6) is 5.75 Å². The number of hydrogen-bond donors (Lipinski definition) is 2. The molecule has 4 rings (SSSR count). The number of carbonyl (C=O) groups excluding carboxylic acids is 1. The van der Waals surface area contributed by atoms with Crippen LogP contribution in [0.3, 0.4) is 0 Å². The number of benzene rings is 2. The molecule has 7 nitrogen and oxygen atoms in total. The molecule has 7 heteroatoms. The number of ether oxygens (including phenoxy) is 1. The van der Waals surface area contributed by atoms with Gasteiger partial charge < -0.3 is 19.5 Å². The van der Waals surface area contributed by atoms with E-state index in [0.29, 0.717) is 17.0 Å².